The standard InChI is InChI=1S/C16H19NO4/c1-5-21-16(19)14-10(3)12-8-11(6-7-13(12)17-14)9(2)15(18)20-4/h6-9,17H,5H2,1-4H3. The topological polar surface area (TPSA) is 68.4 Å². The molecule has 1 N–H and O–H groups in total. The van der Waals surface area contributed by atoms with Gasteiger partial charge in [0.25, 0.3) is 0 Å². The van der Waals surface area contributed by atoms with Crippen molar-refractivity contribution in [2.45, 2.75) is 26.7 Å². The first-order valence-corrected chi connectivity index (χ1v) is 6.86. The Balaban J connectivity index is 2.46. The van der Waals surface area contributed by atoms with E-state index < -0.39 is 0 Å². The lowest BCUT2D eigenvalue weighted by atomic mass is 9.99. The summed E-state index contributed by atoms with van der Waals surface area (Å²) in [5, 5.41) is 0.909. The summed E-state index contributed by atoms with van der Waals surface area (Å²) >= 11 is 0. The van der Waals surface area contributed by atoms with Gasteiger partial charge < -0.3 is 14.5 Å². The average Bonchev–Trinajstić information content (AvgIpc) is 2.82. The van der Waals surface area contributed by atoms with E-state index in [2.05, 4.69) is 4.98 Å². The Morgan fingerprint density at radius 2 is 2.05 bits per heavy atom. The number of hydrogen-bond acceptors (Lipinski definition) is 4. The van der Waals surface area contributed by atoms with Crippen molar-refractivity contribution in [2.24, 2.45) is 0 Å². The lowest BCUT2D eigenvalue weighted by Gasteiger charge is -2.09. The van der Waals surface area contributed by atoms with E-state index in [1.807, 2.05) is 25.1 Å². The van der Waals surface area contributed by atoms with Crippen molar-refractivity contribution in [3.63, 3.8) is 0 Å². The summed E-state index contributed by atoms with van der Waals surface area (Å²) in [5.41, 5.74) is 2.97. The van der Waals surface area contributed by atoms with Gasteiger partial charge in [0, 0.05) is 10.9 Å². The second kappa shape index (κ2) is 5.99. The molecule has 0 bridgehead atoms. The maximum atomic E-state index is 11.9. The van der Waals surface area contributed by atoms with Gasteiger partial charge in [0.05, 0.1) is 19.6 Å². The number of carbonyl (C=O) groups excluding carboxylic acids is 2. The highest BCUT2D eigenvalue weighted by molar-refractivity contribution is 5.98. The molecule has 2 aromatic rings. The van der Waals surface area contributed by atoms with Gasteiger partial charge in [0.1, 0.15) is 5.69 Å². The van der Waals surface area contributed by atoms with Crippen LogP contribution in [0.2, 0.25) is 0 Å². The molecule has 0 fully saturated rings. The highest BCUT2D eigenvalue weighted by Gasteiger charge is 2.19. The van der Waals surface area contributed by atoms with Crippen LogP contribution < -0.4 is 0 Å². The van der Waals surface area contributed by atoms with Crippen LogP contribution in [0.3, 0.4) is 0 Å². The number of nitrogens with one attached hydrogen (secondary N) is 1. The van der Waals surface area contributed by atoms with Crippen molar-refractivity contribution in [3.8, 4) is 0 Å². The first-order chi connectivity index (χ1) is 9.99. The number of aromatic nitrogens is 1. The summed E-state index contributed by atoms with van der Waals surface area (Å²) in [4.78, 5) is 26.6. The van der Waals surface area contributed by atoms with Crippen LogP contribution in [-0.2, 0) is 14.3 Å². The van der Waals surface area contributed by atoms with E-state index in [9.17, 15) is 9.59 Å². The number of aromatic amines is 1. The van der Waals surface area contributed by atoms with Crippen LogP contribution in [0.4, 0.5) is 0 Å². The summed E-state index contributed by atoms with van der Waals surface area (Å²) in [6.07, 6.45) is 0. The molecule has 0 amide bonds. The van der Waals surface area contributed by atoms with Crippen molar-refractivity contribution < 1.29 is 19.1 Å². The molecule has 0 aliphatic carbocycles. The molecule has 1 unspecified atom stereocenters. The summed E-state index contributed by atoms with van der Waals surface area (Å²) in [6, 6.07) is 5.63. The van der Waals surface area contributed by atoms with E-state index in [1.54, 1.807) is 13.8 Å². The minimum Gasteiger partial charge on any atom is -0.469 e. The highest BCUT2D eigenvalue weighted by Crippen LogP contribution is 2.27. The normalized spacial score (nSPS) is 12.2. The van der Waals surface area contributed by atoms with Crippen LogP contribution in [0.25, 0.3) is 10.9 Å². The molecule has 1 atom stereocenters. The zero-order chi connectivity index (χ0) is 15.6. The minimum absolute atomic E-state index is 0.284. The van der Waals surface area contributed by atoms with Crippen LogP contribution in [0.5, 0.6) is 0 Å². The van der Waals surface area contributed by atoms with Gasteiger partial charge >= 0.3 is 11.9 Å². The number of benzene rings is 1. The smallest absolute Gasteiger partial charge is 0.355 e. The van der Waals surface area contributed by atoms with Crippen molar-refractivity contribution in [3.05, 3.63) is 35.0 Å². The average molecular weight is 289 g/mol. The Bertz CT molecular complexity index is 687. The molecule has 21 heavy (non-hydrogen) atoms. The van der Waals surface area contributed by atoms with Gasteiger partial charge in [-0.05, 0) is 44.0 Å². The Labute approximate surface area is 123 Å². The van der Waals surface area contributed by atoms with Crippen LogP contribution in [-0.4, -0.2) is 30.6 Å². The van der Waals surface area contributed by atoms with Crippen molar-refractivity contribution >= 4 is 22.8 Å². The van der Waals surface area contributed by atoms with Crippen LogP contribution >= 0.6 is 0 Å². The molecule has 1 heterocycles. The molecule has 0 saturated heterocycles. The second-order valence-corrected chi connectivity index (χ2v) is 4.90. The van der Waals surface area contributed by atoms with E-state index in [-0.39, 0.29) is 17.9 Å². The molecule has 0 saturated carbocycles. The summed E-state index contributed by atoms with van der Waals surface area (Å²) in [5.74, 6) is -0.998. The molecule has 0 aliphatic rings. The van der Waals surface area contributed by atoms with Crippen LogP contribution in [0.15, 0.2) is 18.2 Å². The van der Waals surface area contributed by atoms with Gasteiger partial charge in [-0.3, -0.25) is 4.79 Å². The van der Waals surface area contributed by atoms with Crippen molar-refractivity contribution in [1.82, 2.24) is 4.98 Å². The maximum absolute atomic E-state index is 11.9. The number of ether oxygens (including phenoxy) is 2. The number of hydrogen-bond donors (Lipinski definition) is 1. The molecule has 112 valence electrons. The first-order valence-electron chi connectivity index (χ1n) is 6.86. The van der Waals surface area contributed by atoms with Crippen molar-refractivity contribution in [2.75, 3.05) is 13.7 Å². The largest absolute Gasteiger partial charge is 0.469 e. The second-order valence-electron chi connectivity index (χ2n) is 4.90. The summed E-state index contributed by atoms with van der Waals surface area (Å²) in [7, 11) is 1.37. The Kier molecular flexibility index (Phi) is 4.31. The number of H-pyrrole nitrogens is 1. The van der Waals surface area contributed by atoms with Gasteiger partial charge in [-0.2, -0.15) is 0 Å². The zero-order valence-electron chi connectivity index (χ0n) is 12.6. The quantitative estimate of drug-likeness (QED) is 0.879. The SMILES string of the molecule is CCOC(=O)c1[nH]c2ccc(C(C)C(=O)OC)cc2c1C. The lowest BCUT2D eigenvalue weighted by molar-refractivity contribution is -0.141. The number of esters is 2. The van der Waals surface area contributed by atoms with Gasteiger partial charge in [0.15, 0.2) is 0 Å². The van der Waals surface area contributed by atoms with E-state index >= 15 is 0 Å². The fourth-order valence-corrected chi connectivity index (χ4v) is 2.33. The number of fused-ring (bicyclic) bond motifs is 1. The third kappa shape index (κ3) is 2.77. The molecule has 2 rings (SSSR count). The molecule has 5 nitrogen and oxygen atoms in total. The fraction of sp³-hybridized carbons (Fsp3) is 0.375. The Morgan fingerprint density at radius 3 is 2.67 bits per heavy atom. The number of methoxy groups -OCH3 is 1. The monoisotopic (exact) mass is 289 g/mol. The van der Waals surface area contributed by atoms with E-state index in [0.29, 0.717) is 12.3 Å². The molecule has 1 aromatic heterocycles. The number of rotatable bonds is 4. The van der Waals surface area contributed by atoms with Crippen LogP contribution in [0, 0.1) is 6.92 Å². The zero-order valence-corrected chi connectivity index (χ0v) is 12.6. The van der Waals surface area contributed by atoms with Gasteiger partial charge in [-0.15, -0.1) is 0 Å². The fourth-order valence-electron chi connectivity index (χ4n) is 2.33. The molecule has 0 spiro atoms. The van der Waals surface area contributed by atoms with E-state index in [1.165, 1.54) is 7.11 Å². The number of carbonyl (C=O) groups is 2. The predicted octanol–water partition coefficient (Wildman–Crippen LogP) is 2.93. The third-order valence-electron chi connectivity index (χ3n) is 3.62. The van der Waals surface area contributed by atoms with E-state index in [0.717, 1.165) is 22.0 Å². The highest BCUT2D eigenvalue weighted by atomic mass is 16.5. The van der Waals surface area contributed by atoms with Gasteiger partial charge in [-0.25, -0.2) is 4.79 Å². The molecule has 1 aromatic carbocycles. The number of aryl methyl sites for hydroxylation is 1. The molecular formula is C16H19NO4. The maximum Gasteiger partial charge on any atom is 0.355 e. The summed E-state index contributed by atoms with van der Waals surface area (Å²) in [6.45, 7) is 5.75. The molecule has 0 aliphatic heterocycles. The first kappa shape index (κ1) is 15.1. The Hall–Kier alpha value is -2.30. The molecule has 5 heteroatoms. The van der Waals surface area contributed by atoms with Gasteiger partial charge in [0.2, 0.25) is 0 Å². The lowest BCUT2D eigenvalue weighted by Crippen LogP contribution is -2.10. The minimum atomic E-state index is -0.367. The van der Waals surface area contributed by atoms with Crippen LogP contribution in [0.1, 0.15) is 41.4 Å². The Morgan fingerprint density at radius 1 is 1.33 bits per heavy atom. The van der Waals surface area contributed by atoms with E-state index in [4.69, 9.17) is 9.47 Å². The van der Waals surface area contributed by atoms with Gasteiger partial charge in [-0.1, -0.05) is 6.07 Å². The third-order valence-corrected chi connectivity index (χ3v) is 3.62. The molecular weight excluding hydrogens is 270 g/mol. The molecule has 0 radical (unpaired) electrons. The predicted molar refractivity (Wildman–Crippen MR) is 79.4 cm³/mol. The van der Waals surface area contributed by atoms with Crippen molar-refractivity contribution in [1.29, 1.82) is 0 Å². The summed E-state index contributed by atoms with van der Waals surface area (Å²) < 4.78 is 9.79.